The number of hydrogen-bond donors (Lipinski definition) is 2. The van der Waals surface area contributed by atoms with Crippen LogP contribution < -0.4 is 11.1 Å². The molecule has 3 N–H and O–H groups in total. The summed E-state index contributed by atoms with van der Waals surface area (Å²) in [7, 11) is 0. The topological polar surface area (TPSA) is 55.1 Å². The average molecular weight is 290 g/mol. The molecule has 5 aliphatic rings. The average Bonchev–Trinajstić information content (AvgIpc) is 2.36. The predicted molar refractivity (Wildman–Crippen MR) is 83.5 cm³/mol. The number of amides is 1. The molecule has 0 saturated heterocycles. The van der Waals surface area contributed by atoms with E-state index in [0.29, 0.717) is 18.0 Å². The molecule has 0 aromatic carbocycles. The molecule has 0 aromatic heterocycles. The van der Waals surface area contributed by atoms with E-state index in [1.54, 1.807) is 0 Å². The van der Waals surface area contributed by atoms with E-state index in [1.807, 2.05) is 0 Å². The van der Waals surface area contributed by atoms with Gasteiger partial charge in [0, 0.05) is 12.6 Å². The molecule has 1 atom stereocenters. The fourth-order valence-corrected chi connectivity index (χ4v) is 6.34. The van der Waals surface area contributed by atoms with Gasteiger partial charge in [0.15, 0.2) is 0 Å². The van der Waals surface area contributed by atoms with E-state index in [9.17, 15) is 4.79 Å². The quantitative estimate of drug-likeness (QED) is 0.836. The first-order chi connectivity index (χ1) is 10.1. The predicted octanol–water partition coefficient (Wildman–Crippen LogP) is 2.84. The van der Waals surface area contributed by atoms with Crippen LogP contribution in [-0.4, -0.2) is 18.5 Å². The van der Waals surface area contributed by atoms with Crippen LogP contribution in [0.15, 0.2) is 0 Å². The van der Waals surface area contributed by atoms with Gasteiger partial charge in [-0.1, -0.05) is 6.42 Å². The minimum atomic E-state index is -0.226. The molecular weight excluding hydrogens is 260 g/mol. The van der Waals surface area contributed by atoms with E-state index in [0.717, 1.165) is 37.0 Å². The Morgan fingerprint density at radius 1 is 1.14 bits per heavy atom. The summed E-state index contributed by atoms with van der Waals surface area (Å²) in [6.07, 6.45) is 11.6. The molecule has 0 heterocycles. The van der Waals surface area contributed by atoms with Crippen LogP contribution in [0.5, 0.6) is 0 Å². The summed E-state index contributed by atoms with van der Waals surface area (Å²) < 4.78 is 0. The van der Waals surface area contributed by atoms with Crippen molar-refractivity contribution in [2.45, 2.75) is 70.8 Å². The smallest absolute Gasteiger partial charge is 0.227 e. The van der Waals surface area contributed by atoms with Crippen molar-refractivity contribution in [1.29, 1.82) is 0 Å². The third kappa shape index (κ3) is 2.07. The second kappa shape index (κ2) is 4.71. The SMILES string of the molecule is CC(NC(=O)C1(CN)CCC1)C12CC3CC(CC(C3)C1)C2. The van der Waals surface area contributed by atoms with Crippen LogP contribution in [0, 0.1) is 28.6 Å². The van der Waals surface area contributed by atoms with Crippen molar-refractivity contribution in [3.63, 3.8) is 0 Å². The van der Waals surface area contributed by atoms with Gasteiger partial charge in [-0.15, -0.1) is 0 Å². The fourth-order valence-electron chi connectivity index (χ4n) is 6.34. The number of nitrogens with two attached hydrogens (primary N) is 1. The van der Waals surface area contributed by atoms with Crippen LogP contribution in [0.1, 0.15) is 64.7 Å². The van der Waals surface area contributed by atoms with Gasteiger partial charge in [-0.25, -0.2) is 0 Å². The molecule has 0 aromatic rings. The summed E-state index contributed by atoms with van der Waals surface area (Å²) in [5.74, 6) is 3.09. The van der Waals surface area contributed by atoms with Gasteiger partial charge in [-0.2, -0.15) is 0 Å². The molecule has 21 heavy (non-hydrogen) atoms. The second-order valence-electron chi connectivity index (χ2n) is 8.81. The zero-order valence-corrected chi connectivity index (χ0v) is 13.4. The third-order valence-electron chi connectivity index (χ3n) is 7.53. The molecule has 118 valence electrons. The summed E-state index contributed by atoms with van der Waals surface area (Å²) in [6.45, 7) is 2.79. The van der Waals surface area contributed by atoms with Crippen molar-refractivity contribution < 1.29 is 4.79 Å². The van der Waals surface area contributed by atoms with Crippen LogP contribution in [-0.2, 0) is 4.79 Å². The Hall–Kier alpha value is -0.570. The van der Waals surface area contributed by atoms with Crippen LogP contribution >= 0.6 is 0 Å². The first-order valence-electron chi connectivity index (χ1n) is 9.06. The molecule has 5 fully saturated rings. The normalized spacial score (nSPS) is 44.2. The zero-order chi connectivity index (χ0) is 14.7. The lowest BCUT2D eigenvalue weighted by Crippen LogP contribution is -2.59. The number of nitrogens with one attached hydrogen (secondary N) is 1. The Bertz CT molecular complexity index is 400. The molecule has 5 saturated carbocycles. The van der Waals surface area contributed by atoms with Crippen LogP contribution in [0.4, 0.5) is 0 Å². The van der Waals surface area contributed by atoms with Gasteiger partial charge in [-0.05, 0) is 81.5 Å². The van der Waals surface area contributed by atoms with Crippen molar-refractivity contribution in [3.05, 3.63) is 0 Å². The van der Waals surface area contributed by atoms with Crippen molar-refractivity contribution in [3.8, 4) is 0 Å². The molecule has 3 heteroatoms. The highest BCUT2D eigenvalue weighted by Crippen LogP contribution is 2.61. The molecule has 1 amide bonds. The number of hydrogen-bond acceptors (Lipinski definition) is 2. The molecular formula is C18H30N2O. The molecule has 4 bridgehead atoms. The molecule has 3 nitrogen and oxygen atoms in total. The summed E-state index contributed by atoms with van der Waals surface area (Å²) in [6, 6.07) is 0.336. The van der Waals surface area contributed by atoms with Crippen LogP contribution in [0.2, 0.25) is 0 Å². The lowest BCUT2D eigenvalue weighted by Gasteiger charge is -2.59. The maximum atomic E-state index is 12.7. The highest BCUT2D eigenvalue weighted by atomic mass is 16.2. The van der Waals surface area contributed by atoms with Crippen LogP contribution in [0.25, 0.3) is 0 Å². The van der Waals surface area contributed by atoms with Gasteiger partial charge in [0.05, 0.1) is 5.41 Å². The summed E-state index contributed by atoms with van der Waals surface area (Å²) in [4.78, 5) is 12.7. The van der Waals surface area contributed by atoms with E-state index >= 15 is 0 Å². The van der Waals surface area contributed by atoms with Gasteiger partial charge >= 0.3 is 0 Å². The summed E-state index contributed by atoms with van der Waals surface area (Å²) >= 11 is 0. The Kier molecular flexibility index (Phi) is 3.15. The van der Waals surface area contributed by atoms with Crippen LogP contribution in [0.3, 0.4) is 0 Å². The van der Waals surface area contributed by atoms with Gasteiger partial charge in [0.2, 0.25) is 5.91 Å². The first-order valence-corrected chi connectivity index (χ1v) is 9.06. The van der Waals surface area contributed by atoms with Crippen molar-refractivity contribution in [1.82, 2.24) is 5.32 Å². The van der Waals surface area contributed by atoms with E-state index < -0.39 is 0 Å². The molecule has 0 radical (unpaired) electrons. The van der Waals surface area contributed by atoms with E-state index in [1.165, 1.54) is 38.5 Å². The summed E-state index contributed by atoms with van der Waals surface area (Å²) in [5, 5.41) is 3.41. The summed E-state index contributed by atoms with van der Waals surface area (Å²) in [5.41, 5.74) is 6.07. The third-order valence-corrected chi connectivity index (χ3v) is 7.53. The highest BCUT2D eigenvalue weighted by molar-refractivity contribution is 5.84. The number of carbonyl (C=O) groups excluding carboxylic acids is 1. The number of carbonyl (C=O) groups is 1. The van der Waals surface area contributed by atoms with Gasteiger partial charge in [-0.3, -0.25) is 4.79 Å². The molecule has 5 rings (SSSR count). The van der Waals surface area contributed by atoms with Gasteiger partial charge in [0.25, 0.3) is 0 Å². The van der Waals surface area contributed by atoms with Gasteiger partial charge in [0.1, 0.15) is 0 Å². The van der Waals surface area contributed by atoms with E-state index in [4.69, 9.17) is 5.73 Å². The maximum absolute atomic E-state index is 12.7. The minimum Gasteiger partial charge on any atom is -0.353 e. The first kappa shape index (κ1) is 14.0. The van der Waals surface area contributed by atoms with Crippen molar-refractivity contribution in [2.75, 3.05) is 6.54 Å². The number of rotatable bonds is 4. The Labute approximate surface area is 128 Å². The molecule has 0 aliphatic heterocycles. The minimum absolute atomic E-state index is 0.226. The largest absolute Gasteiger partial charge is 0.353 e. The van der Waals surface area contributed by atoms with E-state index in [2.05, 4.69) is 12.2 Å². The lowest BCUT2D eigenvalue weighted by molar-refractivity contribution is -0.139. The zero-order valence-electron chi connectivity index (χ0n) is 13.4. The Morgan fingerprint density at radius 2 is 1.67 bits per heavy atom. The van der Waals surface area contributed by atoms with Crippen molar-refractivity contribution >= 4 is 5.91 Å². The Balaban J connectivity index is 1.47. The van der Waals surface area contributed by atoms with E-state index in [-0.39, 0.29) is 11.3 Å². The lowest BCUT2D eigenvalue weighted by atomic mass is 9.48. The Morgan fingerprint density at radius 3 is 2.05 bits per heavy atom. The highest BCUT2D eigenvalue weighted by Gasteiger charge is 2.54. The standard InChI is InChI=1S/C18H30N2O/c1-12(20-16(21)17(11-19)3-2-4-17)18-8-13-5-14(9-18)7-15(6-13)10-18/h12-15H,2-11,19H2,1H3,(H,20,21). The molecule has 0 spiro atoms. The maximum Gasteiger partial charge on any atom is 0.227 e. The molecule has 5 aliphatic carbocycles. The second-order valence-corrected chi connectivity index (χ2v) is 8.81. The van der Waals surface area contributed by atoms with Crippen molar-refractivity contribution in [2.24, 2.45) is 34.3 Å². The van der Waals surface area contributed by atoms with Gasteiger partial charge < -0.3 is 11.1 Å². The monoisotopic (exact) mass is 290 g/mol. The fraction of sp³-hybridized carbons (Fsp3) is 0.944. The molecule has 1 unspecified atom stereocenters.